The Morgan fingerprint density at radius 1 is 1.22 bits per heavy atom. The van der Waals surface area contributed by atoms with E-state index >= 15 is 0 Å². The Hall–Kier alpha value is -1.01. The highest BCUT2D eigenvalue weighted by Gasteiger charge is 2.28. The normalized spacial score (nSPS) is 23.0. The zero-order valence-corrected chi connectivity index (χ0v) is 14.4. The molecule has 1 atom stereocenters. The van der Waals surface area contributed by atoms with Crippen LogP contribution in [0.25, 0.3) is 0 Å². The summed E-state index contributed by atoms with van der Waals surface area (Å²) in [6.45, 7) is 3.70. The average molecular weight is 358 g/mol. The Bertz CT molecular complexity index is 556. The van der Waals surface area contributed by atoms with Gasteiger partial charge in [-0.05, 0) is 37.5 Å². The van der Waals surface area contributed by atoms with Gasteiger partial charge in [-0.1, -0.05) is 23.2 Å². The van der Waals surface area contributed by atoms with Crippen LogP contribution >= 0.6 is 23.2 Å². The van der Waals surface area contributed by atoms with Gasteiger partial charge in [-0.15, -0.1) is 0 Å². The molecule has 2 saturated heterocycles. The number of carbonyl (C=O) groups is 1. The number of nitrogens with one attached hydrogen (secondary N) is 2. The van der Waals surface area contributed by atoms with Crippen LogP contribution in [-0.2, 0) is 4.74 Å². The smallest absolute Gasteiger partial charge is 0.319 e. The number of anilines is 1. The van der Waals surface area contributed by atoms with E-state index in [0.29, 0.717) is 21.8 Å². The molecule has 0 aliphatic carbocycles. The molecule has 2 aliphatic rings. The maximum absolute atomic E-state index is 12.1. The van der Waals surface area contributed by atoms with Gasteiger partial charge in [-0.2, -0.15) is 0 Å². The zero-order valence-electron chi connectivity index (χ0n) is 12.9. The molecule has 0 bridgehead atoms. The summed E-state index contributed by atoms with van der Waals surface area (Å²) in [7, 11) is 0. The van der Waals surface area contributed by atoms with Crippen LogP contribution in [0.1, 0.15) is 19.3 Å². The summed E-state index contributed by atoms with van der Waals surface area (Å²) in [6.07, 6.45) is 3.02. The number of halogens is 2. The van der Waals surface area contributed by atoms with Crippen molar-refractivity contribution < 1.29 is 9.53 Å². The number of piperidine rings is 1. The number of hydrogen-bond donors (Lipinski definition) is 2. The number of urea groups is 1. The van der Waals surface area contributed by atoms with E-state index in [0.717, 1.165) is 45.6 Å². The number of rotatable bonds is 3. The van der Waals surface area contributed by atoms with Gasteiger partial charge >= 0.3 is 6.03 Å². The van der Waals surface area contributed by atoms with E-state index in [4.69, 9.17) is 27.9 Å². The zero-order chi connectivity index (χ0) is 16.2. The molecule has 126 valence electrons. The van der Waals surface area contributed by atoms with Crippen molar-refractivity contribution in [3.63, 3.8) is 0 Å². The third-order valence-corrected chi connectivity index (χ3v) is 5.03. The molecule has 23 heavy (non-hydrogen) atoms. The highest BCUT2D eigenvalue weighted by molar-refractivity contribution is 6.35. The van der Waals surface area contributed by atoms with E-state index in [-0.39, 0.29) is 12.1 Å². The maximum atomic E-state index is 12.1. The molecule has 1 aromatic carbocycles. The van der Waals surface area contributed by atoms with Crippen molar-refractivity contribution in [1.82, 2.24) is 10.2 Å². The lowest BCUT2D eigenvalue weighted by Crippen LogP contribution is -2.49. The van der Waals surface area contributed by atoms with Gasteiger partial charge in [0.05, 0.1) is 17.3 Å². The molecule has 7 heteroatoms. The molecule has 2 aliphatic heterocycles. The highest BCUT2D eigenvalue weighted by Crippen LogP contribution is 2.25. The van der Waals surface area contributed by atoms with Gasteiger partial charge in [0.1, 0.15) is 0 Å². The van der Waals surface area contributed by atoms with Crippen molar-refractivity contribution in [3.05, 3.63) is 28.2 Å². The first-order chi connectivity index (χ1) is 11.1. The summed E-state index contributed by atoms with van der Waals surface area (Å²) in [4.78, 5) is 14.6. The molecule has 1 aromatic rings. The number of hydrogen-bond acceptors (Lipinski definition) is 3. The average Bonchev–Trinajstić information content (AvgIpc) is 3.06. The fourth-order valence-electron chi connectivity index (χ4n) is 3.16. The second-order valence-corrected chi connectivity index (χ2v) is 6.89. The van der Waals surface area contributed by atoms with Crippen LogP contribution in [0, 0.1) is 0 Å². The van der Waals surface area contributed by atoms with E-state index in [1.54, 1.807) is 18.2 Å². The van der Waals surface area contributed by atoms with Crippen LogP contribution in [0.2, 0.25) is 10.0 Å². The molecule has 0 spiro atoms. The fourth-order valence-corrected chi connectivity index (χ4v) is 3.49. The second-order valence-electron chi connectivity index (χ2n) is 6.05. The van der Waals surface area contributed by atoms with E-state index in [1.165, 1.54) is 0 Å². The predicted molar refractivity (Wildman–Crippen MR) is 92.4 cm³/mol. The Morgan fingerprint density at radius 3 is 2.70 bits per heavy atom. The lowest BCUT2D eigenvalue weighted by atomic mass is 10.0. The van der Waals surface area contributed by atoms with Crippen LogP contribution in [0.4, 0.5) is 10.5 Å². The Labute approximate surface area is 146 Å². The van der Waals surface area contributed by atoms with Crippen molar-refractivity contribution >= 4 is 34.9 Å². The predicted octanol–water partition coefficient (Wildman–Crippen LogP) is 3.37. The standard InChI is InChI=1S/C16H21Cl2N3O2/c17-11-1-2-14(18)15(9-11)20-16(22)19-12-3-6-21(7-4-12)13-5-8-23-10-13/h1-2,9,12-13H,3-8,10H2,(H2,19,20,22)/t13-/m0/s1. The molecule has 2 fully saturated rings. The summed E-state index contributed by atoms with van der Waals surface area (Å²) < 4.78 is 5.44. The quantitative estimate of drug-likeness (QED) is 0.871. The SMILES string of the molecule is O=C(Nc1cc(Cl)ccc1Cl)NC1CCN([C@H]2CCOC2)CC1. The first kappa shape index (κ1) is 16.8. The molecule has 3 rings (SSSR count). The second kappa shape index (κ2) is 7.71. The lowest BCUT2D eigenvalue weighted by Gasteiger charge is -2.35. The number of amides is 2. The van der Waals surface area contributed by atoms with Crippen LogP contribution in [-0.4, -0.2) is 49.3 Å². The molecule has 5 nitrogen and oxygen atoms in total. The molecule has 0 aromatic heterocycles. The first-order valence-corrected chi connectivity index (χ1v) is 8.72. The Balaban J connectivity index is 1.46. The summed E-state index contributed by atoms with van der Waals surface area (Å²) in [5.74, 6) is 0. The number of likely N-dealkylation sites (tertiary alicyclic amines) is 1. The summed E-state index contributed by atoms with van der Waals surface area (Å²) >= 11 is 12.0. The molecule has 0 unspecified atom stereocenters. The van der Waals surface area contributed by atoms with Gasteiger partial charge in [-0.3, -0.25) is 4.90 Å². The van der Waals surface area contributed by atoms with Crippen LogP contribution < -0.4 is 10.6 Å². The van der Waals surface area contributed by atoms with Crippen molar-refractivity contribution in [3.8, 4) is 0 Å². The first-order valence-electron chi connectivity index (χ1n) is 7.96. The molecular weight excluding hydrogens is 337 g/mol. The minimum Gasteiger partial charge on any atom is -0.380 e. The summed E-state index contributed by atoms with van der Waals surface area (Å²) in [6, 6.07) is 5.50. The van der Waals surface area contributed by atoms with Gasteiger partial charge in [-0.25, -0.2) is 4.79 Å². The summed E-state index contributed by atoms with van der Waals surface area (Å²) in [5, 5.41) is 6.79. The Morgan fingerprint density at radius 2 is 2.00 bits per heavy atom. The molecule has 2 N–H and O–H groups in total. The van der Waals surface area contributed by atoms with E-state index in [1.807, 2.05) is 0 Å². The van der Waals surface area contributed by atoms with Gasteiger partial charge in [0.25, 0.3) is 0 Å². The fraction of sp³-hybridized carbons (Fsp3) is 0.562. The molecule has 0 saturated carbocycles. The molecular formula is C16H21Cl2N3O2. The topological polar surface area (TPSA) is 53.6 Å². The van der Waals surface area contributed by atoms with E-state index in [2.05, 4.69) is 15.5 Å². The summed E-state index contributed by atoms with van der Waals surface area (Å²) in [5.41, 5.74) is 0.525. The number of carbonyl (C=O) groups excluding carboxylic acids is 1. The molecule has 2 heterocycles. The van der Waals surface area contributed by atoms with Crippen molar-refractivity contribution in [2.45, 2.75) is 31.3 Å². The molecule has 2 amide bonds. The minimum absolute atomic E-state index is 0.187. The van der Waals surface area contributed by atoms with E-state index < -0.39 is 0 Å². The maximum Gasteiger partial charge on any atom is 0.319 e. The lowest BCUT2D eigenvalue weighted by molar-refractivity contribution is 0.118. The van der Waals surface area contributed by atoms with Crippen LogP contribution in [0.15, 0.2) is 18.2 Å². The van der Waals surface area contributed by atoms with Crippen molar-refractivity contribution in [2.75, 3.05) is 31.6 Å². The largest absolute Gasteiger partial charge is 0.380 e. The van der Waals surface area contributed by atoms with Gasteiger partial charge < -0.3 is 15.4 Å². The third kappa shape index (κ3) is 4.51. The van der Waals surface area contributed by atoms with Gasteiger partial charge in [0.2, 0.25) is 0 Å². The number of nitrogens with zero attached hydrogens (tertiary/aromatic N) is 1. The van der Waals surface area contributed by atoms with Crippen molar-refractivity contribution in [2.24, 2.45) is 0 Å². The molecule has 0 radical (unpaired) electrons. The van der Waals surface area contributed by atoms with E-state index in [9.17, 15) is 4.79 Å². The van der Waals surface area contributed by atoms with Crippen LogP contribution in [0.3, 0.4) is 0 Å². The minimum atomic E-state index is -0.239. The van der Waals surface area contributed by atoms with Gasteiger partial charge in [0.15, 0.2) is 0 Å². The third-order valence-electron chi connectivity index (χ3n) is 4.46. The Kier molecular flexibility index (Phi) is 5.64. The number of ether oxygens (including phenoxy) is 1. The highest BCUT2D eigenvalue weighted by atomic mass is 35.5. The van der Waals surface area contributed by atoms with Gasteiger partial charge in [0, 0.05) is 36.8 Å². The monoisotopic (exact) mass is 357 g/mol. The number of benzene rings is 1. The van der Waals surface area contributed by atoms with Crippen LogP contribution in [0.5, 0.6) is 0 Å². The van der Waals surface area contributed by atoms with Crippen molar-refractivity contribution in [1.29, 1.82) is 0 Å².